The zero-order valence-electron chi connectivity index (χ0n) is 15.9. The van der Waals surface area contributed by atoms with Gasteiger partial charge in [-0.25, -0.2) is 0 Å². The number of aryl methyl sites for hydroxylation is 1. The van der Waals surface area contributed by atoms with Crippen LogP contribution in [0.4, 0.5) is 0 Å². The molecule has 1 unspecified atom stereocenters. The van der Waals surface area contributed by atoms with Gasteiger partial charge in [0.05, 0.1) is 0 Å². The van der Waals surface area contributed by atoms with E-state index in [9.17, 15) is 0 Å². The first-order valence-electron chi connectivity index (χ1n) is 9.96. The van der Waals surface area contributed by atoms with E-state index in [-0.39, 0.29) is 24.0 Å². The summed E-state index contributed by atoms with van der Waals surface area (Å²) in [5.74, 6) is 0.977. The molecule has 2 aliphatic rings. The molecule has 2 N–H and O–H groups in total. The predicted octanol–water partition coefficient (Wildman–Crippen LogP) is 2.25. The lowest BCUT2D eigenvalue weighted by Crippen LogP contribution is -2.45. The molecule has 1 atom stereocenters. The van der Waals surface area contributed by atoms with Crippen molar-refractivity contribution in [1.82, 2.24) is 30.3 Å². The zero-order valence-corrected chi connectivity index (χ0v) is 18.3. The van der Waals surface area contributed by atoms with Crippen LogP contribution >= 0.6 is 24.0 Å². The summed E-state index contributed by atoms with van der Waals surface area (Å²) in [5.41, 5.74) is 0. The molecule has 26 heavy (non-hydrogen) atoms. The normalized spacial score (nSPS) is 21.7. The maximum atomic E-state index is 4.75. The molecule has 8 heteroatoms. The molecule has 0 amide bonds. The molecule has 1 saturated heterocycles. The number of likely N-dealkylation sites (tertiary alicyclic amines) is 1. The SMILES string of the molecule is CCNC(=NCCCCn1cnnc1)NC1CCN(C2CCCC2)C1.I. The van der Waals surface area contributed by atoms with Gasteiger partial charge in [0.15, 0.2) is 5.96 Å². The third-order valence-electron chi connectivity index (χ3n) is 5.31. The zero-order chi connectivity index (χ0) is 17.3. The number of guanidine groups is 1. The van der Waals surface area contributed by atoms with Crippen LogP contribution in [0.5, 0.6) is 0 Å². The third kappa shape index (κ3) is 6.68. The van der Waals surface area contributed by atoms with Crippen LogP contribution in [-0.2, 0) is 6.54 Å². The summed E-state index contributed by atoms with van der Waals surface area (Å²) < 4.78 is 2.02. The highest BCUT2D eigenvalue weighted by atomic mass is 127. The fourth-order valence-corrected chi connectivity index (χ4v) is 3.95. The van der Waals surface area contributed by atoms with E-state index in [1.807, 2.05) is 4.57 Å². The molecule has 0 aromatic carbocycles. The molecule has 1 aromatic heterocycles. The van der Waals surface area contributed by atoms with Crippen molar-refractivity contribution >= 4 is 29.9 Å². The van der Waals surface area contributed by atoms with E-state index in [0.29, 0.717) is 6.04 Å². The van der Waals surface area contributed by atoms with Crippen molar-refractivity contribution in [3.8, 4) is 0 Å². The molecular formula is C18H34IN7. The van der Waals surface area contributed by atoms with Gasteiger partial charge in [-0.1, -0.05) is 12.8 Å². The van der Waals surface area contributed by atoms with Crippen LogP contribution in [0.2, 0.25) is 0 Å². The van der Waals surface area contributed by atoms with E-state index in [4.69, 9.17) is 4.99 Å². The summed E-state index contributed by atoms with van der Waals surface area (Å²) in [6, 6.07) is 1.37. The molecule has 148 valence electrons. The highest BCUT2D eigenvalue weighted by Gasteiger charge is 2.30. The molecule has 3 rings (SSSR count). The number of unbranched alkanes of at least 4 members (excludes halogenated alkanes) is 1. The molecular weight excluding hydrogens is 441 g/mol. The predicted molar refractivity (Wildman–Crippen MR) is 116 cm³/mol. The highest BCUT2D eigenvalue weighted by Crippen LogP contribution is 2.26. The number of nitrogens with one attached hydrogen (secondary N) is 2. The Hall–Kier alpha value is -0.900. The van der Waals surface area contributed by atoms with Gasteiger partial charge in [-0.3, -0.25) is 9.89 Å². The van der Waals surface area contributed by atoms with Gasteiger partial charge in [0, 0.05) is 44.8 Å². The fourth-order valence-electron chi connectivity index (χ4n) is 3.95. The maximum absolute atomic E-state index is 4.75. The summed E-state index contributed by atoms with van der Waals surface area (Å²) >= 11 is 0. The molecule has 0 radical (unpaired) electrons. The molecule has 2 heterocycles. The van der Waals surface area contributed by atoms with Gasteiger partial charge < -0.3 is 15.2 Å². The van der Waals surface area contributed by atoms with Crippen LogP contribution in [0.25, 0.3) is 0 Å². The van der Waals surface area contributed by atoms with Crippen LogP contribution in [0, 0.1) is 0 Å². The first-order chi connectivity index (χ1) is 12.3. The van der Waals surface area contributed by atoms with Gasteiger partial charge in [0.2, 0.25) is 0 Å². The van der Waals surface area contributed by atoms with Gasteiger partial charge in [-0.15, -0.1) is 34.2 Å². The molecule has 7 nitrogen and oxygen atoms in total. The van der Waals surface area contributed by atoms with Crippen molar-refractivity contribution in [3.63, 3.8) is 0 Å². The lowest BCUT2D eigenvalue weighted by Gasteiger charge is -2.24. The maximum Gasteiger partial charge on any atom is 0.191 e. The molecule has 2 fully saturated rings. The number of nitrogens with zero attached hydrogens (tertiary/aromatic N) is 5. The van der Waals surface area contributed by atoms with E-state index in [1.54, 1.807) is 12.7 Å². The van der Waals surface area contributed by atoms with Crippen LogP contribution in [0.15, 0.2) is 17.6 Å². The second-order valence-electron chi connectivity index (χ2n) is 7.23. The average Bonchev–Trinajstić information content (AvgIpc) is 3.37. The van der Waals surface area contributed by atoms with E-state index >= 15 is 0 Å². The quantitative estimate of drug-likeness (QED) is 0.261. The van der Waals surface area contributed by atoms with Crippen molar-refractivity contribution in [2.24, 2.45) is 4.99 Å². The van der Waals surface area contributed by atoms with Crippen LogP contribution < -0.4 is 10.6 Å². The standard InChI is InChI=1S/C18H33N7.HI/c1-2-19-18(20-10-5-6-11-24-14-21-22-15-24)23-16-9-12-25(13-16)17-7-3-4-8-17;/h14-17H,2-13H2,1H3,(H2,19,20,23);1H. The van der Waals surface area contributed by atoms with Crippen molar-refractivity contribution < 1.29 is 0 Å². The number of halogens is 1. The number of hydrogen-bond donors (Lipinski definition) is 2. The van der Waals surface area contributed by atoms with Crippen LogP contribution in [0.3, 0.4) is 0 Å². The Labute approximate surface area is 174 Å². The molecule has 1 aliphatic heterocycles. The molecule has 1 saturated carbocycles. The molecule has 1 aliphatic carbocycles. The van der Waals surface area contributed by atoms with E-state index < -0.39 is 0 Å². The summed E-state index contributed by atoms with van der Waals surface area (Å²) in [4.78, 5) is 7.44. The Bertz CT molecular complexity index is 514. The van der Waals surface area contributed by atoms with Gasteiger partial charge in [0.1, 0.15) is 12.7 Å². The minimum absolute atomic E-state index is 0. The minimum atomic E-state index is 0. The molecule has 0 spiro atoms. The monoisotopic (exact) mass is 475 g/mol. The minimum Gasteiger partial charge on any atom is -0.357 e. The Morgan fingerprint density at radius 2 is 1.92 bits per heavy atom. The summed E-state index contributed by atoms with van der Waals surface area (Å²) in [6.45, 7) is 7.26. The highest BCUT2D eigenvalue weighted by molar-refractivity contribution is 14.0. The van der Waals surface area contributed by atoms with Gasteiger partial charge in [-0.2, -0.15) is 0 Å². The lowest BCUT2D eigenvalue weighted by molar-refractivity contribution is 0.242. The Morgan fingerprint density at radius 3 is 2.65 bits per heavy atom. The van der Waals surface area contributed by atoms with Gasteiger partial charge in [0.25, 0.3) is 0 Å². The van der Waals surface area contributed by atoms with Crippen LogP contribution in [0.1, 0.15) is 51.9 Å². The van der Waals surface area contributed by atoms with Crippen LogP contribution in [-0.4, -0.2) is 63.9 Å². The average molecular weight is 475 g/mol. The topological polar surface area (TPSA) is 70.4 Å². The summed E-state index contributed by atoms with van der Waals surface area (Å²) in [7, 11) is 0. The third-order valence-corrected chi connectivity index (χ3v) is 5.31. The van der Waals surface area contributed by atoms with E-state index in [2.05, 4.69) is 32.7 Å². The van der Waals surface area contributed by atoms with E-state index in [1.165, 1.54) is 45.2 Å². The number of rotatable bonds is 8. The summed E-state index contributed by atoms with van der Waals surface area (Å²) in [6.07, 6.45) is 12.6. The van der Waals surface area contributed by atoms with Gasteiger partial charge >= 0.3 is 0 Å². The second-order valence-corrected chi connectivity index (χ2v) is 7.23. The largest absolute Gasteiger partial charge is 0.357 e. The Morgan fingerprint density at radius 1 is 1.15 bits per heavy atom. The molecule has 0 bridgehead atoms. The van der Waals surface area contributed by atoms with E-state index in [0.717, 1.165) is 44.5 Å². The number of hydrogen-bond acceptors (Lipinski definition) is 4. The Kier molecular flexibility index (Phi) is 9.66. The molecule has 1 aromatic rings. The first-order valence-corrected chi connectivity index (χ1v) is 9.96. The number of aromatic nitrogens is 3. The smallest absolute Gasteiger partial charge is 0.191 e. The second kappa shape index (κ2) is 11.7. The fraction of sp³-hybridized carbons (Fsp3) is 0.833. The van der Waals surface area contributed by atoms with Crippen molar-refractivity contribution in [3.05, 3.63) is 12.7 Å². The van der Waals surface area contributed by atoms with Gasteiger partial charge in [-0.05, 0) is 39.0 Å². The Balaban J connectivity index is 0.00000243. The van der Waals surface area contributed by atoms with Crippen molar-refractivity contribution in [2.45, 2.75) is 70.5 Å². The van der Waals surface area contributed by atoms with Crippen molar-refractivity contribution in [1.29, 1.82) is 0 Å². The summed E-state index contributed by atoms with van der Waals surface area (Å²) in [5, 5.41) is 14.7. The first kappa shape index (κ1) is 21.4. The lowest BCUT2D eigenvalue weighted by atomic mass is 10.2. The van der Waals surface area contributed by atoms with Crippen molar-refractivity contribution in [2.75, 3.05) is 26.2 Å². The number of aliphatic imine (C=N–C) groups is 1.